The van der Waals surface area contributed by atoms with E-state index in [0.29, 0.717) is 10.2 Å². The molecule has 0 bridgehead atoms. The van der Waals surface area contributed by atoms with E-state index in [9.17, 15) is 10.1 Å². The summed E-state index contributed by atoms with van der Waals surface area (Å²) in [4.78, 5) is 18.8. The number of nitriles is 1. The number of nitrogens with one attached hydrogen (secondary N) is 1. The first-order valence-electron chi connectivity index (χ1n) is 8.38. The summed E-state index contributed by atoms with van der Waals surface area (Å²) in [6.45, 7) is 0. The van der Waals surface area contributed by atoms with Gasteiger partial charge in [0.05, 0.1) is 5.69 Å². The minimum absolute atomic E-state index is 0.0147. The molecule has 0 aliphatic heterocycles. The van der Waals surface area contributed by atoms with Gasteiger partial charge in [-0.05, 0) is 35.9 Å². The minimum atomic E-state index is -0.490. The zero-order chi connectivity index (χ0) is 20.1. The molecule has 5 nitrogen and oxygen atoms in total. The Morgan fingerprint density at radius 3 is 2.46 bits per heavy atom. The van der Waals surface area contributed by atoms with Gasteiger partial charge in [0, 0.05) is 35.7 Å². The third-order valence-electron chi connectivity index (χ3n) is 3.95. The average molecular weight is 409 g/mol. The topological polar surface area (TPSA) is 69.0 Å². The van der Waals surface area contributed by atoms with Gasteiger partial charge in [0.2, 0.25) is 0 Å². The molecule has 0 radical (unpaired) electrons. The van der Waals surface area contributed by atoms with Crippen LogP contribution in [0.2, 0.25) is 5.02 Å². The summed E-state index contributed by atoms with van der Waals surface area (Å²) >= 11 is 7.20. The van der Waals surface area contributed by atoms with Crippen LogP contribution in [0, 0.1) is 11.3 Å². The van der Waals surface area contributed by atoms with Gasteiger partial charge in [0.25, 0.3) is 5.91 Å². The lowest BCUT2D eigenvalue weighted by Gasteiger charge is -2.11. The van der Waals surface area contributed by atoms with Crippen molar-refractivity contribution in [2.24, 2.45) is 0 Å². The highest BCUT2D eigenvalue weighted by Crippen LogP contribution is 2.26. The molecule has 0 aliphatic rings. The van der Waals surface area contributed by atoms with Crippen LogP contribution in [0.15, 0.2) is 59.5 Å². The zero-order valence-electron chi connectivity index (χ0n) is 15.3. The van der Waals surface area contributed by atoms with E-state index in [1.54, 1.807) is 18.2 Å². The molecule has 0 spiro atoms. The van der Waals surface area contributed by atoms with Crippen molar-refractivity contribution in [3.05, 3.63) is 70.1 Å². The number of amides is 1. The number of rotatable bonds is 5. The molecule has 1 N–H and O–H groups in total. The van der Waals surface area contributed by atoms with Crippen LogP contribution in [0.1, 0.15) is 5.56 Å². The van der Waals surface area contributed by atoms with E-state index < -0.39 is 5.91 Å². The van der Waals surface area contributed by atoms with Crippen LogP contribution in [-0.4, -0.2) is 25.0 Å². The zero-order valence-corrected chi connectivity index (χ0v) is 16.9. The molecule has 1 aromatic heterocycles. The number of benzene rings is 2. The van der Waals surface area contributed by atoms with Crippen LogP contribution in [0.4, 0.5) is 10.8 Å². The number of anilines is 2. The highest BCUT2D eigenvalue weighted by atomic mass is 35.5. The lowest BCUT2D eigenvalue weighted by Crippen LogP contribution is -2.13. The van der Waals surface area contributed by atoms with Crippen molar-refractivity contribution in [3.63, 3.8) is 0 Å². The Hall–Kier alpha value is -3.14. The summed E-state index contributed by atoms with van der Waals surface area (Å²) in [6.07, 6.45) is 1.56. The maximum atomic E-state index is 12.5. The van der Waals surface area contributed by atoms with Crippen LogP contribution in [-0.2, 0) is 4.79 Å². The van der Waals surface area contributed by atoms with Gasteiger partial charge >= 0.3 is 0 Å². The van der Waals surface area contributed by atoms with Crippen molar-refractivity contribution in [1.29, 1.82) is 5.26 Å². The van der Waals surface area contributed by atoms with Gasteiger partial charge in [-0.2, -0.15) is 5.26 Å². The van der Waals surface area contributed by atoms with E-state index in [-0.39, 0.29) is 5.57 Å². The predicted octanol–water partition coefficient (Wildman–Crippen LogP) is 5.08. The maximum absolute atomic E-state index is 12.5. The van der Waals surface area contributed by atoms with Crippen molar-refractivity contribution < 1.29 is 4.79 Å². The number of halogens is 1. The van der Waals surface area contributed by atoms with Crippen molar-refractivity contribution in [2.45, 2.75) is 0 Å². The lowest BCUT2D eigenvalue weighted by molar-refractivity contribution is -0.112. The quantitative estimate of drug-likeness (QED) is 0.472. The maximum Gasteiger partial charge on any atom is 0.268 e. The van der Waals surface area contributed by atoms with Gasteiger partial charge in [-0.25, -0.2) is 4.98 Å². The third-order valence-corrected chi connectivity index (χ3v) is 4.96. The molecule has 3 aromatic rings. The second-order valence-electron chi connectivity index (χ2n) is 6.15. The van der Waals surface area contributed by atoms with E-state index in [4.69, 9.17) is 11.6 Å². The Morgan fingerprint density at radius 1 is 1.18 bits per heavy atom. The summed E-state index contributed by atoms with van der Waals surface area (Å²) in [6, 6.07) is 16.8. The Kier molecular flexibility index (Phi) is 6.09. The number of hydrogen-bond acceptors (Lipinski definition) is 5. The molecule has 0 aliphatic carbocycles. The van der Waals surface area contributed by atoms with Gasteiger partial charge in [0.1, 0.15) is 11.6 Å². The van der Waals surface area contributed by atoms with Gasteiger partial charge < -0.3 is 4.90 Å². The molecule has 0 atom stereocenters. The minimum Gasteiger partial charge on any atom is -0.378 e. The molecule has 0 saturated carbocycles. The number of thiazole rings is 1. The monoisotopic (exact) mass is 408 g/mol. The van der Waals surface area contributed by atoms with E-state index in [0.717, 1.165) is 22.5 Å². The van der Waals surface area contributed by atoms with Crippen molar-refractivity contribution >= 4 is 45.7 Å². The highest BCUT2D eigenvalue weighted by molar-refractivity contribution is 7.14. The number of nitrogens with zero attached hydrogens (tertiary/aromatic N) is 3. The van der Waals surface area contributed by atoms with Crippen LogP contribution in [0.25, 0.3) is 17.3 Å². The number of carbonyl (C=O) groups is 1. The first-order chi connectivity index (χ1) is 13.5. The summed E-state index contributed by atoms with van der Waals surface area (Å²) < 4.78 is 0. The Morgan fingerprint density at radius 2 is 1.86 bits per heavy atom. The molecule has 1 amide bonds. The molecule has 2 aromatic carbocycles. The molecule has 140 valence electrons. The van der Waals surface area contributed by atoms with Gasteiger partial charge in [-0.15, -0.1) is 11.3 Å². The van der Waals surface area contributed by atoms with Crippen LogP contribution >= 0.6 is 22.9 Å². The predicted molar refractivity (Wildman–Crippen MR) is 116 cm³/mol. The average Bonchev–Trinajstić information content (AvgIpc) is 3.15. The molecule has 3 rings (SSSR count). The fraction of sp³-hybridized carbons (Fsp3) is 0.0952. The highest BCUT2D eigenvalue weighted by Gasteiger charge is 2.12. The number of hydrogen-bond donors (Lipinski definition) is 1. The summed E-state index contributed by atoms with van der Waals surface area (Å²) in [5.74, 6) is -0.490. The summed E-state index contributed by atoms with van der Waals surface area (Å²) in [7, 11) is 3.90. The standard InChI is InChI=1S/C21H17ClN4OS/c1-26(2)18-9-3-14(4-10-18)11-16(12-23)20(27)25-21-24-19(13-28-21)15-5-7-17(22)8-6-15/h3-11,13H,1-2H3,(H,24,25,27)/b16-11+. The second kappa shape index (κ2) is 8.70. The molecular weight excluding hydrogens is 392 g/mol. The lowest BCUT2D eigenvalue weighted by atomic mass is 10.1. The first kappa shape index (κ1) is 19.6. The SMILES string of the molecule is CN(C)c1ccc(/C=C(\C#N)C(=O)Nc2nc(-c3ccc(Cl)cc3)cs2)cc1. The third kappa shape index (κ3) is 4.77. The molecule has 1 heterocycles. The molecule has 7 heteroatoms. The first-order valence-corrected chi connectivity index (χ1v) is 9.64. The van der Waals surface area contributed by atoms with Gasteiger partial charge in [-0.3, -0.25) is 10.1 Å². The van der Waals surface area contributed by atoms with E-state index in [1.807, 2.05) is 66.8 Å². The van der Waals surface area contributed by atoms with Crippen molar-refractivity contribution in [2.75, 3.05) is 24.3 Å². The smallest absolute Gasteiger partial charge is 0.268 e. The molecule has 0 unspecified atom stereocenters. The van der Waals surface area contributed by atoms with Crippen molar-refractivity contribution in [1.82, 2.24) is 4.98 Å². The number of aromatic nitrogens is 1. The van der Waals surface area contributed by atoms with Gasteiger partial charge in [-0.1, -0.05) is 35.9 Å². The molecule has 0 saturated heterocycles. The normalized spacial score (nSPS) is 11.0. The fourth-order valence-electron chi connectivity index (χ4n) is 2.43. The van der Waals surface area contributed by atoms with Crippen LogP contribution in [0.3, 0.4) is 0 Å². The Balaban J connectivity index is 1.74. The number of carbonyl (C=O) groups excluding carboxylic acids is 1. The Bertz CT molecular complexity index is 1050. The Labute approximate surface area is 172 Å². The molecule has 28 heavy (non-hydrogen) atoms. The van der Waals surface area contributed by atoms with E-state index >= 15 is 0 Å². The summed E-state index contributed by atoms with van der Waals surface area (Å²) in [5.41, 5.74) is 3.47. The largest absolute Gasteiger partial charge is 0.378 e. The van der Waals surface area contributed by atoms with Gasteiger partial charge in [0.15, 0.2) is 5.13 Å². The van der Waals surface area contributed by atoms with E-state index in [2.05, 4.69) is 10.3 Å². The fourth-order valence-corrected chi connectivity index (χ4v) is 3.27. The second-order valence-corrected chi connectivity index (χ2v) is 7.45. The summed E-state index contributed by atoms with van der Waals surface area (Å²) in [5, 5.41) is 15.0. The molecular formula is C21H17ClN4OS. The molecule has 0 fully saturated rings. The van der Waals surface area contributed by atoms with Crippen molar-refractivity contribution in [3.8, 4) is 17.3 Å². The van der Waals surface area contributed by atoms with Crippen LogP contribution in [0.5, 0.6) is 0 Å². The van der Waals surface area contributed by atoms with E-state index in [1.165, 1.54) is 11.3 Å². The van der Waals surface area contributed by atoms with Crippen LogP contribution < -0.4 is 10.2 Å².